The third kappa shape index (κ3) is 13.3. The van der Waals surface area contributed by atoms with Gasteiger partial charge < -0.3 is 23.7 Å². The quantitative estimate of drug-likeness (QED) is 0.137. The average molecular weight is 615 g/mol. The molecule has 0 unspecified atom stereocenters. The van der Waals surface area contributed by atoms with E-state index in [1.807, 2.05) is 48.5 Å². The van der Waals surface area contributed by atoms with Crippen LogP contribution >= 0.6 is 0 Å². The lowest BCUT2D eigenvalue weighted by molar-refractivity contribution is -0.151. The molecule has 0 aliphatic carbocycles. The third-order valence-electron chi connectivity index (χ3n) is 7.10. The standard InChI is InChI=1S/C18H22.C14H14O.C6H10O6/c1-5-18(4,16-10-6-14(2)7-11-16)17-12-8-15(3)9-13-17;1-11-3-7-13(8-4-11)15-14-9-5-12(2)6-10-14;1-5(7)10-4-12-6(8)11-3-9-2/h6-13H,5H2,1-4H3;3-10H,1-2H3;3-4H2,1-2H3. The van der Waals surface area contributed by atoms with E-state index < -0.39 is 18.9 Å². The summed E-state index contributed by atoms with van der Waals surface area (Å²) in [7, 11) is 1.36. The molecule has 0 saturated heterocycles. The Morgan fingerprint density at radius 2 is 0.933 bits per heavy atom. The summed E-state index contributed by atoms with van der Waals surface area (Å²) in [6, 6.07) is 34.0. The molecule has 0 bridgehead atoms. The molecule has 240 valence electrons. The van der Waals surface area contributed by atoms with Crippen LogP contribution in [-0.4, -0.2) is 32.8 Å². The van der Waals surface area contributed by atoms with E-state index in [4.69, 9.17) is 4.74 Å². The van der Waals surface area contributed by atoms with Crippen molar-refractivity contribution in [2.75, 3.05) is 20.7 Å². The molecule has 0 aliphatic heterocycles. The van der Waals surface area contributed by atoms with Crippen molar-refractivity contribution in [3.8, 4) is 11.5 Å². The van der Waals surface area contributed by atoms with Crippen molar-refractivity contribution < 1.29 is 33.3 Å². The fourth-order valence-corrected chi connectivity index (χ4v) is 4.08. The van der Waals surface area contributed by atoms with E-state index >= 15 is 0 Å². The maximum absolute atomic E-state index is 10.5. The van der Waals surface area contributed by atoms with E-state index in [1.54, 1.807) is 0 Å². The lowest BCUT2D eigenvalue weighted by Crippen LogP contribution is -2.22. The number of benzene rings is 4. The summed E-state index contributed by atoms with van der Waals surface area (Å²) in [6.07, 6.45) is 0.164. The Hall–Kier alpha value is -4.62. The Balaban J connectivity index is 0.000000241. The van der Waals surface area contributed by atoms with Gasteiger partial charge in [-0.15, -0.1) is 0 Å². The molecule has 7 heteroatoms. The first-order valence-electron chi connectivity index (χ1n) is 14.8. The summed E-state index contributed by atoms with van der Waals surface area (Å²) in [5.74, 6) is 1.23. The maximum atomic E-state index is 10.5. The van der Waals surface area contributed by atoms with E-state index in [2.05, 4.69) is 109 Å². The molecular weight excluding hydrogens is 568 g/mol. The van der Waals surface area contributed by atoms with Crippen molar-refractivity contribution in [1.82, 2.24) is 0 Å². The predicted molar refractivity (Wildman–Crippen MR) is 178 cm³/mol. The molecule has 0 radical (unpaired) electrons. The van der Waals surface area contributed by atoms with Crippen LogP contribution in [0.25, 0.3) is 0 Å². The number of carbonyl (C=O) groups excluding carboxylic acids is 2. The molecular formula is C38H46O7. The van der Waals surface area contributed by atoms with E-state index in [9.17, 15) is 9.59 Å². The van der Waals surface area contributed by atoms with Gasteiger partial charge in [0.05, 0.1) is 0 Å². The fourth-order valence-electron chi connectivity index (χ4n) is 4.08. The molecule has 7 nitrogen and oxygen atoms in total. The molecule has 45 heavy (non-hydrogen) atoms. The molecule has 0 aliphatic rings. The van der Waals surface area contributed by atoms with E-state index in [0.29, 0.717) is 0 Å². The Kier molecular flexibility index (Phi) is 15.4. The lowest BCUT2D eigenvalue weighted by atomic mass is 9.74. The number of hydrogen-bond acceptors (Lipinski definition) is 7. The fraction of sp³-hybridized carbons (Fsp3) is 0.316. The Labute approximate surface area is 268 Å². The minimum atomic E-state index is -0.946. The second-order valence-corrected chi connectivity index (χ2v) is 10.8. The number of hydrogen-bond donors (Lipinski definition) is 0. The molecule has 4 aromatic carbocycles. The zero-order valence-electron chi connectivity index (χ0n) is 27.7. The Morgan fingerprint density at radius 3 is 1.27 bits per heavy atom. The van der Waals surface area contributed by atoms with E-state index in [-0.39, 0.29) is 12.2 Å². The highest BCUT2D eigenvalue weighted by molar-refractivity contribution is 5.66. The van der Waals surface area contributed by atoms with Crippen molar-refractivity contribution in [1.29, 1.82) is 0 Å². The van der Waals surface area contributed by atoms with Gasteiger partial charge in [0, 0.05) is 19.4 Å². The first-order chi connectivity index (χ1) is 21.5. The number of carbonyl (C=O) groups is 2. The second kappa shape index (κ2) is 18.9. The number of aryl methyl sites for hydroxylation is 4. The number of methoxy groups -OCH3 is 1. The van der Waals surface area contributed by atoms with Gasteiger partial charge in [-0.1, -0.05) is 109 Å². The second-order valence-electron chi connectivity index (χ2n) is 10.8. The minimum Gasteiger partial charge on any atom is -0.457 e. The van der Waals surface area contributed by atoms with Gasteiger partial charge in [-0.05, 0) is 69.5 Å². The summed E-state index contributed by atoms with van der Waals surface area (Å²) in [6.45, 7) is 13.6. The van der Waals surface area contributed by atoms with Gasteiger partial charge in [0.2, 0.25) is 6.79 Å². The zero-order valence-corrected chi connectivity index (χ0v) is 27.7. The SMILES string of the molecule is CCC(C)(c1ccc(C)cc1)c1ccc(C)cc1.COCOC(=O)OCOC(C)=O.Cc1ccc(Oc2ccc(C)cc2)cc1. The monoisotopic (exact) mass is 614 g/mol. The molecule has 0 N–H and O–H groups in total. The van der Waals surface area contributed by atoms with Crippen LogP contribution in [0, 0.1) is 27.7 Å². The molecule has 0 aromatic heterocycles. The van der Waals surface area contributed by atoms with Crippen molar-refractivity contribution in [3.05, 3.63) is 130 Å². The van der Waals surface area contributed by atoms with Crippen LogP contribution in [0.15, 0.2) is 97.1 Å². The molecule has 0 atom stereocenters. The van der Waals surface area contributed by atoms with Gasteiger partial charge >= 0.3 is 12.1 Å². The van der Waals surface area contributed by atoms with Crippen LogP contribution in [0.4, 0.5) is 4.79 Å². The van der Waals surface area contributed by atoms with E-state index in [0.717, 1.165) is 17.9 Å². The molecule has 0 fully saturated rings. The topological polar surface area (TPSA) is 80.3 Å². The normalized spacial score (nSPS) is 10.3. The van der Waals surface area contributed by atoms with Gasteiger partial charge in [0.1, 0.15) is 11.5 Å². The highest BCUT2D eigenvalue weighted by atomic mass is 16.8. The largest absolute Gasteiger partial charge is 0.513 e. The predicted octanol–water partition coefficient (Wildman–Crippen LogP) is 9.38. The van der Waals surface area contributed by atoms with Crippen LogP contribution in [0.2, 0.25) is 0 Å². The summed E-state index contributed by atoms with van der Waals surface area (Å²) >= 11 is 0. The highest BCUT2D eigenvalue weighted by Gasteiger charge is 2.26. The van der Waals surface area contributed by atoms with Gasteiger partial charge in [-0.25, -0.2) is 4.79 Å². The Morgan fingerprint density at radius 1 is 0.578 bits per heavy atom. The number of ether oxygens (including phenoxy) is 5. The van der Waals surface area contributed by atoms with Crippen LogP contribution < -0.4 is 4.74 Å². The molecule has 0 heterocycles. The molecule has 0 spiro atoms. The van der Waals surface area contributed by atoms with Crippen molar-refractivity contribution in [2.24, 2.45) is 0 Å². The van der Waals surface area contributed by atoms with Gasteiger partial charge in [0.15, 0.2) is 6.79 Å². The van der Waals surface area contributed by atoms with Gasteiger partial charge in [-0.2, -0.15) is 0 Å². The van der Waals surface area contributed by atoms with Crippen LogP contribution in [0.1, 0.15) is 60.6 Å². The van der Waals surface area contributed by atoms with Crippen LogP contribution in [-0.2, 0) is 29.2 Å². The number of esters is 1. The van der Waals surface area contributed by atoms with E-state index in [1.165, 1.54) is 47.4 Å². The minimum absolute atomic E-state index is 0.112. The molecule has 0 amide bonds. The summed E-state index contributed by atoms with van der Waals surface area (Å²) < 4.78 is 23.0. The summed E-state index contributed by atoms with van der Waals surface area (Å²) in [5, 5.41) is 0. The van der Waals surface area contributed by atoms with Gasteiger partial charge in [-0.3, -0.25) is 4.79 Å². The molecule has 4 aromatic rings. The average Bonchev–Trinajstić information content (AvgIpc) is 3.03. The van der Waals surface area contributed by atoms with Crippen molar-refractivity contribution in [2.45, 2.75) is 60.3 Å². The maximum Gasteiger partial charge on any atom is 0.513 e. The van der Waals surface area contributed by atoms with Crippen molar-refractivity contribution >= 4 is 12.1 Å². The van der Waals surface area contributed by atoms with Crippen LogP contribution in [0.5, 0.6) is 11.5 Å². The smallest absolute Gasteiger partial charge is 0.457 e. The third-order valence-corrected chi connectivity index (χ3v) is 7.10. The summed E-state index contributed by atoms with van der Waals surface area (Å²) in [5.41, 5.74) is 8.04. The zero-order chi connectivity index (χ0) is 33.2. The lowest BCUT2D eigenvalue weighted by Gasteiger charge is -2.30. The van der Waals surface area contributed by atoms with Crippen molar-refractivity contribution in [3.63, 3.8) is 0 Å². The van der Waals surface area contributed by atoms with Crippen LogP contribution in [0.3, 0.4) is 0 Å². The molecule has 0 saturated carbocycles. The summed E-state index contributed by atoms with van der Waals surface area (Å²) in [4.78, 5) is 20.6. The Bertz CT molecular complexity index is 1340. The molecule has 4 rings (SSSR count). The number of rotatable bonds is 9. The highest BCUT2D eigenvalue weighted by Crippen LogP contribution is 2.35. The first-order valence-corrected chi connectivity index (χ1v) is 14.8. The van der Waals surface area contributed by atoms with Gasteiger partial charge in [0.25, 0.3) is 0 Å². The first kappa shape index (κ1) is 36.6.